The Morgan fingerprint density at radius 2 is 1.89 bits per heavy atom. The molecule has 3 nitrogen and oxygen atoms in total. The van der Waals surface area contributed by atoms with Crippen molar-refractivity contribution in [1.29, 1.82) is 0 Å². The molecule has 0 saturated heterocycles. The Balaban J connectivity index is 2.05. The third-order valence-electron chi connectivity index (χ3n) is 2.71. The Morgan fingerprint density at radius 1 is 1.21 bits per heavy atom. The molecule has 0 aromatic heterocycles. The van der Waals surface area contributed by atoms with Gasteiger partial charge in [-0.15, -0.1) is 0 Å². The number of anilines is 1. The fraction of sp³-hybridized carbons (Fsp3) is 0.133. The van der Waals surface area contributed by atoms with Gasteiger partial charge >= 0.3 is 5.97 Å². The molecule has 19 heavy (non-hydrogen) atoms. The molecular weight excluding hydrogens is 245 g/mol. The highest BCUT2D eigenvalue weighted by atomic mass is 19.1. The van der Waals surface area contributed by atoms with Gasteiger partial charge in [0.2, 0.25) is 0 Å². The lowest BCUT2D eigenvalue weighted by Gasteiger charge is -2.08. The second-order valence-corrected chi connectivity index (χ2v) is 4.29. The van der Waals surface area contributed by atoms with E-state index in [9.17, 15) is 9.18 Å². The van der Waals surface area contributed by atoms with Gasteiger partial charge in [-0.05, 0) is 36.8 Å². The molecule has 0 aliphatic heterocycles. The molecule has 98 valence electrons. The lowest BCUT2D eigenvalue weighted by molar-refractivity contribution is 0.0474. The summed E-state index contributed by atoms with van der Waals surface area (Å²) in [5.74, 6) is -0.802. The number of halogens is 1. The maximum Gasteiger partial charge on any atom is 0.340 e. The van der Waals surface area contributed by atoms with Crippen LogP contribution in [0, 0.1) is 12.7 Å². The summed E-state index contributed by atoms with van der Waals surface area (Å²) >= 11 is 0. The summed E-state index contributed by atoms with van der Waals surface area (Å²) in [6.07, 6.45) is 0. The zero-order valence-electron chi connectivity index (χ0n) is 10.5. The van der Waals surface area contributed by atoms with E-state index < -0.39 is 5.97 Å². The molecule has 0 amide bonds. The average molecular weight is 259 g/mol. The molecule has 2 aromatic carbocycles. The van der Waals surface area contributed by atoms with Crippen LogP contribution in [0.5, 0.6) is 0 Å². The Bertz CT molecular complexity index is 594. The third-order valence-corrected chi connectivity index (χ3v) is 2.71. The summed E-state index contributed by atoms with van der Waals surface area (Å²) < 4.78 is 17.9. The van der Waals surface area contributed by atoms with E-state index in [1.165, 1.54) is 12.1 Å². The second kappa shape index (κ2) is 5.52. The fourth-order valence-corrected chi connectivity index (χ4v) is 1.65. The largest absolute Gasteiger partial charge is 0.457 e. The predicted molar refractivity (Wildman–Crippen MR) is 71.1 cm³/mol. The third kappa shape index (κ3) is 3.31. The van der Waals surface area contributed by atoms with E-state index in [0.29, 0.717) is 11.3 Å². The normalized spacial score (nSPS) is 10.2. The molecule has 0 atom stereocenters. The smallest absolute Gasteiger partial charge is 0.340 e. The quantitative estimate of drug-likeness (QED) is 0.680. The van der Waals surface area contributed by atoms with Crippen LogP contribution < -0.4 is 5.73 Å². The number of nitrogens with two attached hydrogens (primary N) is 1. The van der Waals surface area contributed by atoms with Crippen LogP contribution in [-0.2, 0) is 11.3 Å². The van der Waals surface area contributed by atoms with E-state index >= 15 is 0 Å². The van der Waals surface area contributed by atoms with Gasteiger partial charge in [0.15, 0.2) is 0 Å². The zero-order chi connectivity index (χ0) is 13.8. The van der Waals surface area contributed by atoms with Crippen LogP contribution in [0.15, 0.2) is 42.5 Å². The van der Waals surface area contributed by atoms with E-state index in [1.807, 2.05) is 13.0 Å². The highest BCUT2D eigenvalue weighted by Crippen LogP contribution is 2.16. The number of ether oxygens (including phenoxy) is 1. The molecule has 0 unspecified atom stereocenters. The average Bonchev–Trinajstić information content (AvgIpc) is 2.40. The van der Waals surface area contributed by atoms with Gasteiger partial charge in [0.05, 0.1) is 5.56 Å². The van der Waals surface area contributed by atoms with Crippen molar-refractivity contribution < 1.29 is 13.9 Å². The second-order valence-electron chi connectivity index (χ2n) is 4.29. The van der Waals surface area contributed by atoms with Crippen molar-refractivity contribution in [1.82, 2.24) is 0 Å². The molecule has 2 rings (SSSR count). The fourth-order valence-electron chi connectivity index (χ4n) is 1.65. The number of hydrogen-bond donors (Lipinski definition) is 1. The van der Waals surface area contributed by atoms with E-state index in [1.54, 1.807) is 24.3 Å². The Morgan fingerprint density at radius 3 is 2.58 bits per heavy atom. The van der Waals surface area contributed by atoms with Gasteiger partial charge in [-0.2, -0.15) is 0 Å². The standard InChI is InChI=1S/C15H14FNO2/c1-10-2-7-14(17)13(8-10)15(18)19-9-11-3-5-12(16)6-4-11/h2-8H,9,17H2,1H3. The number of hydrogen-bond acceptors (Lipinski definition) is 3. The first-order valence-corrected chi connectivity index (χ1v) is 5.84. The summed E-state index contributed by atoms with van der Waals surface area (Å²) in [6, 6.07) is 11.0. The lowest BCUT2D eigenvalue weighted by Crippen LogP contribution is -2.08. The summed E-state index contributed by atoms with van der Waals surface area (Å²) in [7, 11) is 0. The number of carbonyl (C=O) groups excluding carboxylic acids is 1. The minimum atomic E-state index is -0.481. The molecular formula is C15H14FNO2. The lowest BCUT2D eigenvalue weighted by atomic mass is 10.1. The number of aryl methyl sites for hydroxylation is 1. The van der Waals surface area contributed by atoms with Crippen molar-refractivity contribution in [3.63, 3.8) is 0 Å². The number of esters is 1. The number of rotatable bonds is 3. The van der Waals surface area contributed by atoms with Gasteiger partial charge in [-0.25, -0.2) is 9.18 Å². The van der Waals surface area contributed by atoms with Crippen LogP contribution in [0.1, 0.15) is 21.5 Å². The SMILES string of the molecule is Cc1ccc(N)c(C(=O)OCc2ccc(F)cc2)c1. The van der Waals surface area contributed by atoms with Gasteiger partial charge in [-0.3, -0.25) is 0 Å². The minimum Gasteiger partial charge on any atom is -0.457 e. The predicted octanol–water partition coefficient (Wildman–Crippen LogP) is 3.07. The van der Waals surface area contributed by atoms with Crippen LogP contribution in [-0.4, -0.2) is 5.97 Å². The molecule has 0 saturated carbocycles. The topological polar surface area (TPSA) is 52.3 Å². The molecule has 4 heteroatoms. The van der Waals surface area contributed by atoms with Crippen LogP contribution in [0.2, 0.25) is 0 Å². The van der Waals surface area contributed by atoms with E-state index in [4.69, 9.17) is 10.5 Å². The number of nitrogen functional groups attached to an aromatic ring is 1. The molecule has 0 heterocycles. The van der Waals surface area contributed by atoms with E-state index in [2.05, 4.69) is 0 Å². The van der Waals surface area contributed by atoms with Crippen LogP contribution in [0.25, 0.3) is 0 Å². The highest BCUT2D eigenvalue weighted by molar-refractivity contribution is 5.95. The monoisotopic (exact) mass is 259 g/mol. The van der Waals surface area contributed by atoms with Crippen molar-refractivity contribution in [2.75, 3.05) is 5.73 Å². The maximum absolute atomic E-state index is 12.7. The summed E-state index contributed by atoms with van der Waals surface area (Å²) in [5, 5.41) is 0. The van der Waals surface area contributed by atoms with Gasteiger partial charge in [0.25, 0.3) is 0 Å². The van der Waals surface area contributed by atoms with Crippen LogP contribution in [0.3, 0.4) is 0 Å². The van der Waals surface area contributed by atoms with Gasteiger partial charge < -0.3 is 10.5 Å². The van der Waals surface area contributed by atoms with Crippen LogP contribution in [0.4, 0.5) is 10.1 Å². The molecule has 0 radical (unpaired) electrons. The van der Waals surface area contributed by atoms with Crippen LogP contribution >= 0.6 is 0 Å². The van der Waals surface area contributed by atoms with Gasteiger partial charge in [0, 0.05) is 5.69 Å². The van der Waals surface area contributed by atoms with Crippen molar-refractivity contribution in [2.24, 2.45) is 0 Å². The summed E-state index contributed by atoms with van der Waals surface area (Å²) in [5.41, 5.74) is 8.12. The van der Waals surface area contributed by atoms with E-state index in [0.717, 1.165) is 11.1 Å². The van der Waals surface area contributed by atoms with Gasteiger partial charge in [0.1, 0.15) is 12.4 Å². The van der Waals surface area contributed by atoms with Crippen molar-refractivity contribution in [2.45, 2.75) is 13.5 Å². The minimum absolute atomic E-state index is 0.0898. The molecule has 0 bridgehead atoms. The molecule has 0 fully saturated rings. The first-order chi connectivity index (χ1) is 9.06. The number of carbonyl (C=O) groups is 1. The van der Waals surface area contributed by atoms with Crippen molar-refractivity contribution >= 4 is 11.7 Å². The highest BCUT2D eigenvalue weighted by Gasteiger charge is 2.11. The molecule has 2 aromatic rings. The molecule has 0 spiro atoms. The molecule has 0 aliphatic rings. The molecule has 0 aliphatic carbocycles. The molecule has 2 N–H and O–H groups in total. The maximum atomic E-state index is 12.7. The zero-order valence-corrected chi connectivity index (χ0v) is 10.5. The van der Waals surface area contributed by atoms with Crippen molar-refractivity contribution in [3.8, 4) is 0 Å². The van der Waals surface area contributed by atoms with Crippen molar-refractivity contribution in [3.05, 3.63) is 65.0 Å². The van der Waals surface area contributed by atoms with E-state index in [-0.39, 0.29) is 12.4 Å². The summed E-state index contributed by atoms with van der Waals surface area (Å²) in [4.78, 5) is 11.9. The Kier molecular flexibility index (Phi) is 3.80. The summed E-state index contributed by atoms with van der Waals surface area (Å²) in [6.45, 7) is 1.96. The number of benzene rings is 2. The Labute approximate surface area is 110 Å². The Hall–Kier alpha value is -2.36. The first-order valence-electron chi connectivity index (χ1n) is 5.84. The first kappa shape index (κ1) is 13.1. The van der Waals surface area contributed by atoms with Gasteiger partial charge in [-0.1, -0.05) is 23.8 Å².